The van der Waals surface area contributed by atoms with E-state index in [4.69, 9.17) is 8.83 Å². The van der Waals surface area contributed by atoms with Crippen LogP contribution < -0.4 is 4.72 Å². The highest BCUT2D eigenvalue weighted by atomic mass is 32.2. The quantitative estimate of drug-likeness (QED) is 0.728. The van der Waals surface area contributed by atoms with Crippen LogP contribution in [-0.2, 0) is 16.6 Å². The number of nitrogens with zero attached hydrogens (tertiary/aromatic N) is 1. The molecule has 3 aromatic rings. The normalized spacial score (nSPS) is 14.8. The first kappa shape index (κ1) is 16.1. The van der Waals surface area contributed by atoms with Gasteiger partial charge in [0.05, 0.1) is 17.6 Å². The number of benzene rings is 1. The van der Waals surface area contributed by atoms with Gasteiger partial charge in [-0.3, -0.25) is 0 Å². The topological polar surface area (TPSA) is 85.3 Å². The van der Waals surface area contributed by atoms with Crippen molar-refractivity contribution in [2.24, 2.45) is 0 Å². The van der Waals surface area contributed by atoms with Crippen LogP contribution in [0.5, 0.6) is 0 Å². The summed E-state index contributed by atoms with van der Waals surface area (Å²) in [5, 5.41) is 0. The van der Waals surface area contributed by atoms with E-state index in [1.54, 1.807) is 42.6 Å². The monoisotopic (exact) mass is 358 g/mol. The first-order valence-corrected chi connectivity index (χ1v) is 9.61. The number of oxazole rings is 1. The molecule has 1 aromatic carbocycles. The molecule has 1 saturated carbocycles. The number of nitrogens with one attached hydrogen (secondary N) is 1. The molecule has 0 atom stereocenters. The molecule has 1 aliphatic carbocycles. The van der Waals surface area contributed by atoms with Gasteiger partial charge in [-0.05, 0) is 56.2 Å². The Hall–Kier alpha value is -2.38. The largest absolute Gasteiger partial charge is 0.465 e. The predicted molar refractivity (Wildman–Crippen MR) is 91.4 cm³/mol. The molecule has 1 aliphatic rings. The SMILES string of the molecule is Cc1ccc(CNS(=O)(=O)c2ccc(-c3cnc(C4CC4)o3)cc2)o1. The molecule has 0 aliphatic heterocycles. The van der Waals surface area contributed by atoms with Crippen molar-refractivity contribution in [2.75, 3.05) is 0 Å². The van der Waals surface area contributed by atoms with Gasteiger partial charge in [0, 0.05) is 11.5 Å². The summed E-state index contributed by atoms with van der Waals surface area (Å²) in [6.07, 6.45) is 3.94. The third kappa shape index (κ3) is 3.52. The van der Waals surface area contributed by atoms with Gasteiger partial charge < -0.3 is 8.83 Å². The number of rotatable bonds is 6. The molecule has 0 amide bonds. The van der Waals surface area contributed by atoms with Gasteiger partial charge in [0.1, 0.15) is 11.5 Å². The fraction of sp³-hybridized carbons (Fsp3) is 0.278. The lowest BCUT2D eigenvalue weighted by Gasteiger charge is -2.06. The lowest BCUT2D eigenvalue weighted by atomic mass is 10.2. The minimum absolute atomic E-state index is 0.116. The minimum Gasteiger partial charge on any atom is -0.465 e. The number of aryl methyl sites for hydroxylation is 1. The van der Waals surface area contributed by atoms with Gasteiger partial charge in [-0.25, -0.2) is 18.1 Å². The summed E-state index contributed by atoms with van der Waals surface area (Å²) in [6, 6.07) is 10.1. The second-order valence-corrected chi connectivity index (χ2v) is 7.97. The average molecular weight is 358 g/mol. The molecule has 0 bridgehead atoms. The van der Waals surface area contributed by atoms with Gasteiger partial charge in [0.2, 0.25) is 10.0 Å². The Morgan fingerprint density at radius 3 is 2.52 bits per heavy atom. The van der Waals surface area contributed by atoms with E-state index < -0.39 is 10.0 Å². The van der Waals surface area contributed by atoms with Crippen LogP contribution in [-0.4, -0.2) is 13.4 Å². The average Bonchev–Trinajstić information content (AvgIpc) is 3.18. The number of sulfonamides is 1. The van der Waals surface area contributed by atoms with Gasteiger partial charge in [-0.1, -0.05) is 0 Å². The number of furan rings is 1. The Bertz CT molecular complexity index is 982. The molecule has 0 unspecified atom stereocenters. The number of aromatic nitrogens is 1. The van der Waals surface area contributed by atoms with E-state index in [0.29, 0.717) is 17.4 Å². The third-order valence-electron chi connectivity index (χ3n) is 4.13. The van der Waals surface area contributed by atoms with Crippen LogP contribution in [0.3, 0.4) is 0 Å². The lowest BCUT2D eigenvalue weighted by molar-refractivity contribution is 0.475. The van der Waals surface area contributed by atoms with Crippen molar-refractivity contribution in [1.29, 1.82) is 0 Å². The molecule has 0 spiro atoms. The van der Waals surface area contributed by atoms with Gasteiger partial charge in [0.15, 0.2) is 11.7 Å². The summed E-state index contributed by atoms with van der Waals surface area (Å²) in [4.78, 5) is 4.48. The van der Waals surface area contributed by atoms with Gasteiger partial charge in [-0.2, -0.15) is 0 Å². The molecule has 2 heterocycles. The molecule has 7 heteroatoms. The number of hydrogen-bond acceptors (Lipinski definition) is 5. The van der Waals surface area contributed by atoms with E-state index in [1.807, 2.05) is 6.92 Å². The van der Waals surface area contributed by atoms with Crippen molar-refractivity contribution < 1.29 is 17.3 Å². The zero-order chi connectivity index (χ0) is 17.4. The second-order valence-electron chi connectivity index (χ2n) is 6.20. The molecule has 4 rings (SSSR count). The van der Waals surface area contributed by atoms with Crippen LogP contribution >= 0.6 is 0 Å². The molecule has 130 valence electrons. The Labute approximate surface area is 145 Å². The minimum atomic E-state index is -3.60. The van der Waals surface area contributed by atoms with Crippen LogP contribution in [0.4, 0.5) is 0 Å². The van der Waals surface area contributed by atoms with Crippen molar-refractivity contribution >= 4 is 10.0 Å². The Kier molecular flexibility index (Phi) is 3.97. The van der Waals surface area contributed by atoms with E-state index in [9.17, 15) is 8.42 Å². The van der Waals surface area contributed by atoms with Crippen LogP contribution in [0.2, 0.25) is 0 Å². The number of hydrogen-bond donors (Lipinski definition) is 1. The van der Waals surface area contributed by atoms with E-state index in [0.717, 1.165) is 30.1 Å². The van der Waals surface area contributed by atoms with Crippen molar-refractivity contribution in [3.63, 3.8) is 0 Å². The Balaban J connectivity index is 1.48. The fourth-order valence-corrected chi connectivity index (χ4v) is 3.56. The molecule has 0 saturated heterocycles. The summed E-state index contributed by atoms with van der Waals surface area (Å²) in [6.45, 7) is 1.93. The lowest BCUT2D eigenvalue weighted by Crippen LogP contribution is -2.22. The molecule has 0 radical (unpaired) electrons. The predicted octanol–water partition coefficient (Wildman–Crippen LogP) is 3.60. The first-order valence-electron chi connectivity index (χ1n) is 8.12. The van der Waals surface area contributed by atoms with E-state index in [2.05, 4.69) is 9.71 Å². The van der Waals surface area contributed by atoms with Crippen LogP contribution in [0, 0.1) is 6.92 Å². The van der Waals surface area contributed by atoms with Gasteiger partial charge in [0.25, 0.3) is 0 Å². The first-order chi connectivity index (χ1) is 12.0. The summed E-state index contributed by atoms with van der Waals surface area (Å²) in [7, 11) is -3.60. The van der Waals surface area contributed by atoms with Crippen molar-refractivity contribution in [3.8, 4) is 11.3 Å². The molecule has 2 aromatic heterocycles. The summed E-state index contributed by atoms with van der Waals surface area (Å²) >= 11 is 0. The van der Waals surface area contributed by atoms with Crippen molar-refractivity contribution in [1.82, 2.24) is 9.71 Å². The molecule has 1 fully saturated rings. The Morgan fingerprint density at radius 1 is 1.12 bits per heavy atom. The van der Waals surface area contributed by atoms with Gasteiger partial charge in [-0.15, -0.1) is 0 Å². The zero-order valence-corrected chi connectivity index (χ0v) is 14.5. The maximum Gasteiger partial charge on any atom is 0.240 e. The second kappa shape index (κ2) is 6.16. The van der Waals surface area contributed by atoms with Crippen molar-refractivity contribution in [3.05, 3.63) is 60.0 Å². The van der Waals surface area contributed by atoms with E-state index >= 15 is 0 Å². The Morgan fingerprint density at radius 2 is 1.88 bits per heavy atom. The van der Waals surface area contributed by atoms with E-state index in [1.165, 1.54) is 0 Å². The van der Waals surface area contributed by atoms with Gasteiger partial charge >= 0.3 is 0 Å². The maximum absolute atomic E-state index is 12.4. The van der Waals surface area contributed by atoms with Crippen LogP contribution in [0.25, 0.3) is 11.3 Å². The van der Waals surface area contributed by atoms with Crippen LogP contribution in [0.15, 0.2) is 56.3 Å². The maximum atomic E-state index is 12.4. The molecule has 25 heavy (non-hydrogen) atoms. The molecule has 6 nitrogen and oxygen atoms in total. The molecular weight excluding hydrogens is 340 g/mol. The smallest absolute Gasteiger partial charge is 0.240 e. The zero-order valence-electron chi connectivity index (χ0n) is 13.7. The van der Waals surface area contributed by atoms with Crippen LogP contribution in [0.1, 0.15) is 36.2 Å². The van der Waals surface area contributed by atoms with E-state index in [-0.39, 0.29) is 11.4 Å². The highest BCUT2D eigenvalue weighted by Crippen LogP contribution is 2.40. The standard InChI is InChI=1S/C18H18N2O4S/c1-12-2-7-15(23-12)10-20-25(21,22)16-8-5-13(6-9-16)17-11-19-18(24-17)14-3-4-14/h2,5-9,11,14,20H,3-4,10H2,1H3. The third-order valence-corrected chi connectivity index (χ3v) is 5.55. The summed E-state index contributed by atoms with van der Waals surface area (Å²) in [5.41, 5.74) is 0.806. The fourth-order valence-electron chi connectivity index (χ4n) is 2.57. The summed E-state index contributed by atoms with van der Waals surface area (Å²) < 4.78 is 38.4. The van der Waals surface area contributed by atoms with Crippen molar-refractivity contribution in [2.45, 2.75) is 37.1 Å². The molecular formula is C18H18N2O4S. The molecule has 1 N–H and O–H groups in total. The highest BCUT2D eigenvalue weighted by molar-refractivity contribution is 7.89. The summed E-state index contributed by atoms with van der Waals surface area (Å²) in [5.74, 6) is 3.19. The highest BCUT2D eigenvalue weighted by Gasteiger charge is 2.28.